The van der Waals surface area contributed by atoms with Gasteiger partial charge in [0, 0.05) is 17.8 Å². The molecular formula is C13H11ClN2O2. The number of nitrogens with zero attached hydrogens (tertiary/aromatic N) is 1. The van der Waals surface area contributed by atoms with E-state index in [9.17, 15) is 9.90 Å². The van der Waals surface area contributed by atoms with E-state index in [1.54, 1.807) is 12.1 Å². The minimum atomic E-state index is -0.343. The Bertz CT molecular complexity index is 555. The molecule has 2 N–H and O–H groups in total. The van der Waals surface area contributed by atoms with E-state index in [2.05, 4.69) is 10.3 Å². The molecule has 18 heavy (non-hydrogen) atoms. The molecule has 0 saturated carbocycles. The summed E-state index contributed by atoms with van der Waals surface area (Å²) < 4.78 is 0. The van der Waals surface area contributed by atoms with Crippen LogP contribution in [0.3, 0.4) is 0 Å². The van der Waals surface area contributed by atoms with Gasteiger partial charge in [-0.3, -0.25) is 9.78 Å². The third-order valence-electron chi connectivity index (χ3n) is 2.41. The molecule has 2 aromatic rings. The quantitative estimate of drug-likeness (QED) is 0.893. The smallest absolute Gasteiger partial charge is 0.255 e. The second-order valence-electron chi connectivity index (χ2n) is 3.70. The van der Waals surface area contributed by atoms with Crippen LogP contribution in [0.1, 0.15) is 15.9 Å². The lowest BCUT2D eigenvalue weighted by Gasteiger charge is -2.06. The highest BCUT2D eigenvalue weighted by molar-refractivity contribution is 6.30. The number of halogens is 1. The van der Waals surface area contributed by atoms with E-state index in [4.69, 9.17) is 11.6 Å². The lowest BCUT2D eigenvalue weighted by atomic mass is 10.2. The predicted molar refractivity (Wildman–Crippen MR) is 68.5 cm³/mol. The van der Waals surface area contributed by atoms with E-state index >= 15 is 0 Å². The fourth-order valence-electron chi connectivity index (χ4n) is 1.46. The minimum absolute atomic E-state index is 0.133. The van der Waals surface area contributed by atoms with Crippen LogP contribution in [-0.4, -0.2) is 16.0 Å². The maximum atomic E-state index is 11.8. The summed E-state index contributed by atoms with van der Waals surface area (Å²) in [5.41, 5.74) is 1.14. The number of rotatable bonds is 3. The van der Waals surface area contributed by atoms with E-state index in [1.165, 1.54) is 18.5 Å². The van der Waals surface area contributed by atoms with Gasteiger partial charge in [-0.2, -0.15) is 0 Å². The normalized spacial score (nSPS) is 10.1. The van der Waals surface area contributed by atoms with Crippen LogP contribution in [0.2, 0.25) is 5.02 Å². The molecule has 0 atom stereocenters. The molecule has 1 aromatic carbocycles. The molecule has 0 spiro atoms. The zero-order chi connectivity index (χ0) is 13.0. The number of aromatic nitrogens is 1. The molecule has 0 aliphatic rings. The number of nitrogens with one attached hydrogen (secondary N) is 1. The minimum Gasteiger partial charge on any atom is -0.505 e. The Kier molecular flexibility index (Phi) is 3.79. The summed E-state index contributed by atoms with van der Waals surface area (Å²) in [4.78, 5) is 15.5. The second-order valence-corrected chi connectivity index (χ2v) is 4.14. The van der Waals surface area contributed by atoms with Gasteiger partial charge in [-0.05, 0) is 23.8 Å². The van der Waals surface area contributed by atoms with Gasteiger partial charge in [-0.1, -0.05) is 23.7 Å². The van der Waals surface area contributed by atoms with Gasteiger partial charge in [-0.25, -0.2) is 0 Å². The van der Waals surface area contributed by atoms with Crippen LogP contribution in [0.15, 0.2) is 42.7 Å². The Morgan fingerprint density at radius 2 is 2.00 bits per heavy atom. The van der Waals surface area contributed by atoms with Gasteiger partial charge < -0.3 is 10.4 Å². The summed E-state index contributed by atoms with van der Waals surface area (Å²) in [5, 5.41) is 12.8. The van der Waals surface area contributed by atoms with Gasteiger partial charge in [0.15, 0.2) is 0 Å². The molecule has 5 heteroatoms. The average molecular weight is 263 g/mol. The molecule has 4 nitrogen and oxygen atoms in total. The zero-order valence-corrected chi connectivity index (χ0v) is 10.2. The highest BCUT2D eigenvalue weighted by Gasteiger charge is 2.09. The number of benzene rings is 1. The zero-order valence-electron chi connectivity index (χ0n) is 9.43. The van der Waals surface area contributed by atoms with Crippen molar-refractivity contribution in [3.63, 3.8) is 0 Å². The standard InChI is InChI=1S/C13H11ClN2O2/c14-10-3-1-9(2-4-10)7-16-13(18)11-5-6-15-8-12(11)17/h1-6,8,17H,7H2,(H,16,18). The molecule has 0 fully saturated rings. The average Bonchev–Trinajstić information content (AvgIpc) is 2.38. The molecule has 0 aliphatic heterocycles. The largest absolute Gasteiger partial charge is 0.505 e. The number of hydrogen-bond acceptors (Lipinski definition) is 3. The Morgan fingerprint density at radius 1 is 1.28 bits per heavy atom. The van der Waals surface area contributed by atoms with Crippen LogP contribution in [0.4, 0.5) is 0 Å². The van der Waals surface area contributed by atoms with Crippen molar-refractivity contribution in [1.29, 1.82) is 0 Å². The van der Waals surface area contributed by atoms with Gasteiger partial charge >= 0.3 is 0 Å². The summed E-state index contributed by atoms with van der Waals surface area (Å²) in [6.45, 7) is 0.373. The topological polar surface area (TPSA) is 62.2 Å². The van der Waals surface area contributed by atoms with E-state index in [0.29, 0.717) is 11.6 Å². The van der Waals surface area contributed by atoms with Gasteiger partial charge in [0.2, 0.25) is 0 Å². The van der Waals surface area contributed by atoms with Gasteiger partial charge in [0.1, 0.15) is 5.75 Å². The predicted octanol–water partition coefficient (Wildman–Crippen LogP) is 2.37. The van der Waals surface area contributed by atoms with Gasteiger partial charge in [0.25, 0.3) is 5.91 Å². The third kappa shape index (κ3) is 2.99. The number of aromatic hydroxyl groups is 1. The summed E-state index contributed by atoms with van der Waals surface area (Å²) in [7, 11) is 0. The first-order chi connectivity index (χ1) is 8.66. The molecule has 92 valence electrons. The third-order valence-corrected chi connectivity index (χ3v) is 2.66. The van der Waals surface area contributed by atoms with Crippen LogP contribution in [0, 0.1) is 0 Å². The molecule has 0 radical (unpaired) electrons. The van der Waals surface area contributed by atoms with Crippen molar-refractivity contribution in [1.82, 2.24) is 10.3 Å². The van der Waals surface area contributed by atoms with Crippen LogP contribution < -0.4 is 5.32 Å². The first-order valence-electron chi connectivity index (χ1n) is 5.32. The maximum Gasteiger partial charge on any atom is 0.255 e. The van der Waals surface area contributed by atoms with Crippen molar-refractivity contribution in [3.05, 3.63) is 58.9 Å². The number of pyridine rings is 1. The summed E-state index contributed by atoms with van der Waals surface area (Å²) in [5.74, 6) is -0.476. The van der Waals surface area contributed by atoms with Crippen LogP contribution in [-0.2, 0) is 6.54 Å². The number of amides is 1. The maximum absolute atomic E-state index is 11.8. The molecular weight excluding hydrogens is 252 g/mol. The first kappa shape index (κ1) is 12.4. The fraction of sp³-hybridized carbons (Fsp3) is 0.0769. The number of carbonyl (C=O) groups excluding carboxylic acids is 1. The van der Waals surface area contributed by atoms with Crippen molar-refractivity contribution in [2.75, 3.05) is 0 Å². The highest BCUT2D eigenvalue weighted by atomic mass is 35.5. The van der Waals surface area contributed by atoms with Crippen molar-refractivity contribution < 1.29 is 9.90 Å². The second kappa shape index (κ2) is 5.51. The Labute approximate surface area is 109 Å². The number of carbonyl (C=O) groups is 1. The molecule has 1 amide bonds. The van der Waals surface area contributed by atoms with Crippen molar-refractivity contribution >= 4 is 17.5 Å². The van der Waals surface area contributed by atoms with E-state index in [-0.39, 0.29) is 17.2 Å². The van der Waals surface area contributed by atoms with E-state index in [1.807, 2.05) is 12.1 Å². The lowest BCUT2D eigenvalue weighted by molar-refractivity contribution is 0.0948. The van der Waals surface area contributed by atoms with Crippen molar-refractivity contribution in [2.45, 2.75) is 6.54 Å². The van der Waals surface area contributed by atoms with Crippen LogP contribution in [0.25, 0.3) is 0 Å². The molecule has 0 unspecified atom stereocenters. The van der Waals surface area contributed by atoms with Crippen LogP contribution >= 0.6 is 11.6 Å². The van der Waals surface area contributed by atoms with Crippen LogP contribution in [0.5, 0.6) is 5.75 Å². The molecule has 1 heterocycles. The highest BCUT2D eigenvalue weighted by Crippen LogP contribution is 2.14. The molecule has 2 rings (SSSR count). The Balaban J connectivity index is 2.01. The summed E-state index contributed by atoms with van der Waals surface area (Å²) >= 11 is 5.76. The molecule has 0 aliphatic carbocycles. The summed E-state index contributed by atoms with van der Waals surface area (Å²) in [6, 6.07) is 8.64. The van der Waals surface area contributed by atoms with Gasteiger partial charge in [-0.15, -0.1) is 0 Å². The number of hydrogen-bond donors (Lipinski definition) is 2. The fourth-order valence-corrected chi connectivity index (χ4v) is 1.58. The lowest BCUT2D eigenvalue weighted by Crippen LogP contribution is -2.22. The molecule has 0 saturated heterocycles. The van der Waals surface area contributed by atoms with Crippen molar-refractivity contribution in [2.24, 2.45) is 0 Å². The Hall–Kier alpha value is -2.07. The molecule has 1 aromatic heterocycles. The Morgan fingerprint density at radius 3 is 2.67 bits per heavy atom. The SMILES string of the molecule is O=C(NCc1ccc(Cl)cc1)c1ccncc1O. The van der Waals surface area contributed by atoms with Gasteiger partial charge in [0.05, 0.1) is 11.8 Å². The van der Waals surface area contributed by atoms with E-state index < -0.39 is 0 Å². The summed E-state index contributed by atoms with van der Waals surface area (Å²) in [6.07, 6.45) is 2.69. The van der Waals surface area contributed by atoms with Crippen molar-refractivity contribution in [3.8, 4) is 5.75 Å². The first-order valence-corrected chi connectivity index (χ1v) is 5.70. The van der Waals surface area contributed by atoms with E-state index in [0.717, 1.165) is 5.56 Å². The molecule has 0 bridgehead atoms. The monoisotopic (exact) mass is 262 g/mol.